The van der Waals surface area contributed by atoms with E-state index >= 15 is 0 Å². The molecule has 0 aromatic heterocycles. The van der Waals surface area contributed by atoms with E-state index in [-0.39, 0.29) is 0 Å². The van der Waals surface area contributed by atoms with Crippen molar-refractivity contribution in [2.75, 3.05) is 26.3 Å². The summed E-state index contributed by atoms with van der Waals surface area (Å²) in [5.41, 5.74) is 1.30. The summed E-state index contributed by atoms with van der Waals surface area (Å²) < 4.78 is 5.26. The molecule has 0 spiro atoms. The van der Waals surface area contributed by atoms with Gasteiger partial charge >= 0.3 is 0 Å². The Kier molecular flexibility index (Phi) is 2.83. The van der Waals surface area contributed by atoms with Gasteiger partial charge in [0, 0.05) is 5.71 Å². The molecule has 2 aliphatic rings. The lowest BCUT2D eigenvalue weighted by atomic mass is 10.2. The van der Waals surface area contributed by atoms with Crippen LogP contribution in [0.2, 0.25) is 0 Å². The Labute approximate surface area is 79.8 Å². The van der Waals surface area contributed by atoms with Gasteiger partial charge in [0.15, 0.2) is 0 Å². The van der Waals surface area contributed by atoms with Crippen LogP contribution in [0.15, 0.2) is 5.10 Å². The van der Waals surface area contributed by atoms with Crippen LogP contribution in [0.1, 0.15) is 26.2 Å². The van der Waals surface area contributed by atoms with Crippen LogP contribution < -0.4 is 0 Å². The number of ether oxygens (including phenoxy) is 1. The maximum Gasteiger partial charge on any atom is 0.0659 e. The summed E-state index contributed by atoms with van der Waals surface area (Å²) in [5, 5.41) is 6.73. The predicted octanol–water partition coefficient (Wildman–Crippen LogP) is 1.49. The highest BCUT2D eigenvalue weighted by molar-refractivity contribution is 5.82. The Hall–Kier alpha value is -0.570. The Bertz CT molecular complexity index is 193. The molecule has 3 nitrogen and oxygen atoms in total. The third kappa shape index (κ3) is 2.99. The van der Waals surface area contributed by atoms with E-state index in [4.69, 9.17) is 4.74 Å². The lowest BCUT2D eigenvalue weighted by Gasteiger charge is -2.24. The van der Waals surface area contributed by atoms with Gasteiger partial charge in [0.25, 0.3) is 0 Å². The Morgan fingerprint density at radius 2 is 2.08 bits per heavy atom. The summed E-state index contributed by atoms with van der Waals surface area (Å²) in [6.45, 7) is 5.73. The van der Waals surface area contributed by atoms with Crippen LogP contribution in [-0.2, 0) is 4.74 Å². The zero-order valence-corrected chi connectivity index (χ0v) is 8.33. The molecule has 2 rings (SSSR count). The lowest BCUT2D eigenvalue weighted by Crippen LogP contribution is -2.32. The lowest BCUT2D eigenvalue weighted by molar-refractivity contribution is 0.0392. The molecule has 0 amide bonds. The summed E-state index contributed by atoms with van der Waals surface area (Å²) in [4.78, 5) is 0. The van der Waals surface area contributed by atoms with Gasteiger partial charge in [-0.2, -0.15) is 5.10 Å². The van der Waals surface area contributed by atoms with E-state index in [1.165, 1.54) is 25.0 Å². The molecule has 3 heteroatoms. The van der Waals surface area contributed by atoms with Crippen molar-refractivity contribution < 1.29 is 4.74 Å². The molecule has 1 saturated heterocycles. The van der Waals surface area contributed by atoms with Gasteiger partial charge in [-0.1, -0.05) is 0 Å². The predicted molar refractivity (Wildman–Crippen MR) is 52.8 cm³/mol. The highest BCUT2D eigenvalue weighted by Gasteiger charge is 2.22. The Balaban J connectivity index is 1.77. The van der Waals surface area contributed by atoms with E-state index < -0.39 is 0 Å². The first kappa shape index (κ1) is 9.00. The first-order valence-corrected chi connectivity index (χ1v) is 5.21. The van der Waals surface area contributed by atoms with Crippen LogP contribution in [0.25, 0.3) is 0 Å². The van der Waals surface area contributed by atoms with Crippen molar-refractivity contribution in [1.82, 2.24) is 5.01 Å². The second-order valence-electron chi connectivity index (χ2n) is 4.05. The van der Waals surface area contributed by atoms with E-state index in [0.29, 0.717) is 0 Å². The second kappa shape index (κ2) is 4.09. The number of morpholine rings is 1. The molecular formula is C10H18N2O. The summed E-state index contributed by atoms with van der Waals surface area (Å²) >= 11 is 0. The molecule has 0 unspecified atom stereocenters. The van der Waals surface area contributed by atoms with Crippen molar-refractivity contribution in [2.24, 2.45) is 11.0 Å². The van der Waals surface area contributed by atoms with E-state index in [0.717, 1.165) is 32.2 Å². The minimum Gasteiger partial charge on any atom is -0.378 e. The maximum absolute atomic E-state index is 5.26. The van der Waals surface area contributed by atoms with Crippen molar-refractivity contribution in [2.45, 2.75) is 26.2 Å². The largest absolute Gasteiger partial charge is 0.378 e. The van der Waals surface area contributed by atoms with Gasteiger partial charge in [0.05, 0.1) is 26.3 Å². The van der Waals surface area contributed by atoms with Gasteiger partial charge in [0.1, 0.15) is 0 Å². The number of rotatable bonds is 3. The molecule has 13 heavy (non-hydrogen) atoms. The quantitative estimate of drug-likeness (QED) is 0.618. The fourth-order valence-electron chi connectivity index (χ4n) is 1.68. The minimum atomic E-state index is 0.834. The normalized spacial score (nSPS) is 25.0. The first-order chi connectivity index (χ1) is 6.34. The van der Waals surface area contributed by atoms with Gasteiger partial charge in [-0.05, 0) is 32.1 Å². The third-order valence-corrected chi connectivity index (χ3v) is 2.58. The molecule has 1 aliphatic carbocycles. The van der Waals surface area contributed by atoms with E-state index in [2.05, 4.69) is 17.0 Å². The second-order valence-corrected chi connectivity index (χ2v) is 4.05. The van der Waals surface area contributed by atoms with Crippen LogP contribution in [0, 0.1) is 5.92 Å². The van der Waals surface area contributed by atoms with E-state index in [1.807, 2.05) is 0 Å². The van der Waals surface area contributed by atoms with E-state index in [9.17, 15) is 0 Å². The van der Waals surface area contributed by atoms with Crippen LogP contribution >= 0.6 is 0 Å². The molecule has 0 aromatic carbocycles. The Morgan fingerprint density at radius 3 is 2.69 bits per heavy atom. The van der Waals surface area contributed by atoms with Gasteiger partial charge in [-0.3, -0.25) is 5.01 Å². The summed E-state index contributed by atoms with van der Waals surface area (Å²) in [7, 11) is 0. The summed E-state index contributed by atoms with van der Waals surface area (Å²) in [5.74, 6) is 0.949. The standard InChI is InChI=1S/C10H18N2O/c1-9(8-10-2-3-10)11-12-4-6-13-7-5-12/h10H,2-8H2,1H3/b11-9+. The molecule has 1 aliphatic heterocycles. The highest BCUT2D eigenvalue weighted by Crippen LogP contribution is 2.32. The average molecular weight is 182 g/mol. The molecular weight excluding hydrogens is 164 g/mol. The summed E-state index contributed by atoms with van der Waals surface area (Å²) in [6, 6.07) is 0. The number of hydrogen-bond donors (Lipinski definition) is 0. The van der Waals surface area contributed by atoms with Gasteiger partial charge in [-0.15, -0.1) is 0 Å². The van der Waals surface area contributed by atoms with Crippen molar-refractivity contribution in [3.63, 3.8) is 0 Å². The smallest absolute Gasteiger partial charge is 0.0659 e. The molecule has 2 fully saturated rings. The average Bonchev–Trinajstić information content (AvgIpc) is 2.90. The SMILES string of the molecule is C/C(CC1CC1)=N\N1CCOCC1. The van der Waals surface area contributed by atoms with Crippen LogP contribution in [0.5, 0.6) is 0 Å². The molecule has 0 radical (unpaired) electrons. The molecule has 74 valence electrons. The number of nitrogens with zero attached hydrogens (tertiary/aromatic N) is 2. The zero-order chi connectivity index (χ0) is 9.10. The molecule has 0 N–H and O–H groups in total. The summed E-state index contributed by atoms with van der Waals surface area (Å²) in [6.07, 6.45) is 4.03. The van der Waals surface area contributed by atoms with E-state index in [1.54, 1.807) is 0 Å². The fraction of sp³-hybridized carbons (Fsp3) is 0.900. The molecule has 1 saturated carbocycles. The van der Waals surface area contributed by atoms with Crippen molar-refractivity contribution in [3.05, 3.63) is 0 Å². The van der Waals surface area contributed by atoms with Gasteiger partial charge < -0.3 is 4.74 Å². The monoisotopic (exact) mass is 182 g/mol. The first-order valence-electron chi connectivity index (χ1n) is 5.21. The maximum atomic E-state index is 5.26. The fourth-order valence-corrected chi connectivity index (χ4v) is 1.68. The van der Waals surface area contributed by atoms with Crippen LogP contribution in [-0.4, -0.2) is 37.0 Å². The van der Waals surface area contributed by atoms with Crippen LogP contribution in [0.4, 0.5) is 0 Å². The molecule has 0 aromatic rings. The van der Waals surface area contributed by atoms with Crippen molar-refractivity contribution >= 4 is 5.71 Å². The van der Waals surface area contributed by atoms with Gasteiger partial charge in [-0.25, -0.2) is 0 Å². The van der Waals surface area contributed by atoms with Gasteiger partial charge in [0.2, 0.25) is 0 Å². The Morgan fingerprint density at radius 1 is 1.38 bits per heavy atom. The number of hydrogen-bond acceptors (Lipinski definition) is 3. The molecule has 1 heterocycles. The molecule has 0 atom stereocenters. The topological polar surface area (TPSA) is 24.8 Å². The zero-order valence-electron chi connectivity index (χ0n) is 8.33. The van der Waals surface area contributed by atoms with Crippen LogP contribution in [0.3, 0.4) is 0 Å². The van der Waals surface area contributed by atoms with Crippen molar-refractivity contribution in [3.8, 4) is 0 Å². The minimum absolute atomic E-state index is 0.834. The molecule has 0 bridgehead atoms. The van der Waals surface area contributed by atoms with Crippen molar-refractivity contribution in [1.29, 1.82) is 0 Å². The highest BCUT2D eigenvalue weighted by atomic mass is 16.5. The number of hydrazone groups is 1. The third-order valence-electron chi connectivity index (χ3n) is 2.58.